The zero-order valence-corrected chi connectivity index (χ0v) is 13.5. The van der Waals surface area contributed by atoms with Crippen LogP contribution in [0.4, 0.5) is 0 Å². The van der Waals surface area contributed by atoms with Gasteiger partial charge < -0.3 is 4.52 Å². The number of aryl methyl sites for hydroxylation is 2. The minimum Gasteiger partial charge on any atom is -0.338 e. The second-order valence-electron chi connectivity index (χ2n) is 5.00. The van der Waals surface area contributed by atoms with Crippen LogP contribution in [0.2, 0.25) is 0 Å². The molecule has 0 saturated carbocycles. The Labute approximate surface area is 132 Å². The van der Waals surface area contributed by atoms with E-state index in [1.807, 2.05) is 26.0 Å². The molecule has 0 aliphatic heterocycles. The summed E-state index contributed by atoms with van der Waals surface area (Å²) in [7, 11) is 0. The lowest BCUT2D eigenvalue weighted by Gasteiger charge is -2.01. The molecule has 0 bridgehead atoms. The van der Waals surface area contributed by atoms with Crippen molar-refractivity contribution in [2.75, 3.05) is 0 Å². The smallest absolute Gasteiger partial charge is 0.239 e. The van der Waals surface area contributed by atoms with Crippen LogP contribution in [0.15, 0.2) is 33.9 Å². The molecule has 0 spiro atoms. The lowest BCUT2D eigenvalue weighted by molar-refractivity contribution is 0.375. The average Bonchev–Trinajstić information content (AvgIpc) is 3.17. The van der Waals surface area contributed by atoms with E-state index in [-0.39, 0.29) is 5.25 Å². The Morgan fingerprint density at radius 1 is 1.23 bits per heavy atom. The van der Waals surface area contributed by atoms with Crippen molar-refractivity contribution >= 4 is 11.8 Å². The molecule has 0 radical (unpaired) electrons. The number of nitrogens with zero attached hydrogens (tertiary/aromatic N) is 4. The third kappa shape index (κ3) is 3.19. The minimum atomic E-state index is 0.00877. The third-order valence-electron chi connectivity index (χ3n) is 3.22. The molecule has 0 saturated heterocycles. The fourth-order valence-electron chi connectivity index (χ4n) is 1.92. The normalized spacial score (nSPS) is 12.5. The molecule has 1 aromatic carbocycles. The molecule has 3 rings (SSSR count). The van der Waals surface area contributed by atoms with E-state index in [2.05, 4.69) is 44.4 Å². The van der Waals surface area contributed by atoms with Crippen LogP contribution in [0.1, 0.15) is 36.4 Å². The molecule has 2 aromatic heterocycles. The van der Waals surface area contributed by atoms with Crippen LogP contribution in [-0.4, -0.2) is 25.3 Å². The van der Waals surface area contributed by atoms with E-state index in [0.29, 0.717) is 11.0 Å². The first-order valence-electron chi connectivity index (χ1n) is 7.14. The number of thioether (sulfide) groups is 1. The summed E-state index contributed by atoms with van der Waals surface area (Å²) in [5, 5.41) is 11.8. The van der Waals surface area contributed by atoms with Gasteiger partial charge >= 0.3 is 0 Å². The molecule has 1 N–H and O–H groups in total. The summed E-state index contributed by atoms with van der Waals surface area (Å²) in [5.74, 6) is 2.08. The quantitative estimate of drug-likeness (QED) is 0.725. The number of H-pyrrole nitrogens is 1. The highest BCUT2D eigenvalue weighted by atomic mass is 32.2. The van der Waals surface area contributed by atoms with E-state index in [4.69, 9.17) is 4.52 Å². The Kier molecular flexibility index (Phi) is 4.24. The van der Waals surface area contributed by atoms with Gasteiger partial charge in [0, 0.05) is 12.0 Å². The van der Waals surface area contributed by atoms with Crippen LogP contribution < -0.4 is 0 Å². The lowest BCUT2D eigenvalue weighted by atomic mass is 10.1. The molecule has 1 atom stereocenters. The predicted molar refractivity (Wildman–Crippen MR) is 84.5 cm³/mol. The zero-order valence-electron chi connectivity index (χ0n) is 12.7. The maximum atomic E-state index is 5.25. The number of aromatic nitrogens is 5. The molecule has 0 aliphatic carbocycles. The first-order chi connectivity index (χ1) is 10.7. The van der Waals surface area contributed by atoms with Crippen molar-refractivity contribution in [1.82, 2.24) is 25.3 Å². The van der Waals surface area contributed by atoms with E-state index in [1.54, 1.807) is 0 Å². The first kappa shape index (κ1) is 14.8. The molecule has 0 amide bonds. The number of rotatable bonds is 5. The second-order valence-corrected chi connectivity index (χ2v) is 6.30. The summed E-state index contributed by atoms with van der Waals surface area (Å²) in [6, 6.07) is 8.16. The molecule has 0 aliphatic rings. The molecular weight excluding hydrogens is 298 g/mol. The van der Waals surface area contributed by atoms with Gasteiger partial charge in [0.15, 0.2) is 11.6 Å². The highest BCUT2D eigenvalue weighted by molar-refractivity contribution is 7.99. The molecule has 7 heteroatoms. The van der Waals surface area contributed by atoms with Gasteiger partial charge in [0.25, 0.3) is 0 Å². The number of benzene rings is 1. The zero-order chi connectivity index (χ0) is 15.5. The monoisotopic (exact) mass is 315 g/mol. The highest BCUT2D eigenvalue weighted by Crippen LogP contribution is 2.32. The summed E-state index contributed by atoms with van der Waals surface area (Å²) in [6.07, 6.45) is 0.763. The van der Waals surface area contributed by atoms with Crippen molar-refractivity contribution in [3.8, 4) is 11.4 Å². The van der Waals surface area contributed by atoms with Crippen LogP contribution in [0.25, 0.3) is 11.4 Å². The average molecular weight is 315 g/mol. The fraction of sp³-hybridized carbons (Fsp3) is 0.333. The minimum absolute atomic E-state index is 0.00877. The van der Waals surface area contributed by atoms with Gasteiger partial charge in [0.2, 0.25) is 11.0 Å². The molecule has 2 heterocycles. The molecule has 0 fully saturated rings. The van der Waals surface area contributed by atoms with Crippen molar-refractivity contribution < 1.29 is 4.52 Å². The molecule has 114 valence electrons. The van der Waals surface area contributed by atoms with Gasteiger partial charge in [-0.15, -0.1) is 5.10 Å². The predicted octanol–water partition coefficient (Wildman–Crippen LogP) is 3.58. The van der Waals surface area contributed by atoms with Gasteiger partial charge in [-0.1, -0.05) is 53.7 Å². The third-order valence-corrected chi connectivity index (χ3v) is 4.17. The number of hydrogen-bond donors (Lipinski definition) is 1. The first-order valence-corrected chi connectivity index (χ1v) is 8.02. The van der Waals surface area contributed by atoms with Crippen LogP contribution in [0, 0.1) is 6.92 Å². The van der Waals surface area contributed by atoms with Crippen molar-refractivity contribution in [3.05, 3.63) is 41.5 Å². The SMILES string of the molecule is CCc1noc(C(C)Sc2n[nH]c(-c3ccc(C)cc3)n2)n1. The molecule has 3 aromatic rings. The van der Waals surface area contributed by atoms with Crippen LogP contribution in [0.3, 0.4) is 0 Å². The fourth-order valence-corrected chi connectivity index (χ4v) is 2.68. The van der Waals surface area contributed by atoms with Crippen molar-refractivity contribution in [1.29, 1.82) is 0 Å². The Balaban J connectivity index is 1.72. The van der Waals surface area contributed by atoms with Crippen molar-refractivity contribution in [2.45, 2.75) is 37.6 Å². The Hall–Kier alpha value is -2.15. The van der Waals surface area contributed by atoms with E-state index in [0.717, 1.165) is 23.6 Å². The second kappa shape index (κ2) is 6.31. The van der Waals surface area contributed by atoms with Gasteiger partial charge in [0.05, 0.1) is 5.25 Å². The topological polar surface area (TPSA) is 80.5 Å². The molecule has 22 heavy (non-hydrogen) atoms. The van der Waals surface area contributed by atoms with Crippen molar-refractivity contribution in [3.63, 3.8) is 0 Å². The Morgan fingerprint density at radius 2 is 2.00 bits per heavy atom. The van der Waals surface area contributed by atoms with Gasteiger partial charge in [-0.3, -0.25) is 5.10 Å². The summed E-state index contributed by atoms with van der Waals surface area (Å²) >= 11 is 1.49. The van der Waals surface area contributed by atoms with E-state index in [1.165, 1.54) is 17.3 Å². The van der Waals surface area contributed by atoms with Crippen LogP contribution in [-0.2, 0) is 6.42 Å². The maximum Gasteiger partial charge on any atom is 0.239 e. The Morgan fingerprint density at radius 3 is 2.68 bits per heavy atom. The van der Waals surface area contributed by atoms with Gasteiger partial charge in [-0.25, -0.2) is 4.98 Å². The van der Waals surface area contributed by atoms with Gasteiger partial charge in [-0.2, -0.15) is 4.98 Å². The van der Waals surface area contributed by atoms with Crippen molar-refractivity contribution in [2.24, 2.45) is 0 Å². The molecular formula is C15H17N5OS. The maximum absolute atomic E-state index is 5.25. The Bertz CT molecular complexity index is 749. The summed E-state index contributed by atoms with van der Waals surface area (Å²) in [5.41, 5.74) is 2.23. The number of aromatic amines is 1. The van der Waals surface area contributed by atoms with Crippen LogP contribution in [0.5, 0.6) is 0 Å². The standard InChI is InChI=1S/C15H17N5OS/c1-4-12-16-14(21-20-12)10(3)22-15-17-13(18-19-15)11-7-5-9(2)6-8-11/h5-8,10H,4H2,1-3H3,(H,17,18,19). The van der Waals surface area contributed by atoms with E-state index < -0.39 is 0 Å². The highest BCUT2D eigenvalue weighted by Gasteiger charge is 2.17. The van der Waals surface area contributed by atoms with Gasteiger partial charge in [0.1, 0.15) is 0 Å². The van der Waals surface area contributed by atoms with Gasteiger partial charge in [-0.05, 0) is 13.8 Å². The summed E-state index contributed by atoms with van der Waals surface area (Å²) < 4.78 is 5.25. The number of hydrogen-bond acceptors (Lipinski definition) is 6. The lowest BCUT2D eigenvalue weighted by Crippen LogP contribution is -1.91. The number of nitrogens with one attached hydrogen (secondary N) is 1. The molecule has 6 nitrogen and oxygen atoms in total. The van der Waals surface area contributed by atoms with E-state index in [9.17, 15) is 0 Å². The van der Waals surface area contributed by atoms with E-state index >= 15 is 0 Å². The summed E-state index contributed by atoms with van der Waals surface area (Å²) in [4.78, 5) is 8.84. The van der Waals surface area contributed by atoms with Crippen LogP contribution >= 0.6 is 11.8 Å². The summed E-state index contributed by atoms with van der Waals surface area (Å²) in [6.45, 7) is 6.05. The molecule has 1 unspecified atom stereocenters. The largest absolute Gasteiger partial charge is 0.338 e.